The molecule has 0 spiro atoms. The van der Waals surface area contributed by atoms with Crippen molar-refractivity contribution in [3.8, 4) is 11.5 Å². The molecule has 1 N–H and O–H groups in total. The number of carbonyl (C=O) groups is 2. The standard InChI is InChI=1S/C29H33N3O6/c1-20-6-3-7-21(2)28(20)30-29(34)32(17-24-9-5-13-36-24)18-27(33)31(16-23-8-4-12-35-23)15-22-10-11-25-26(14-22)38-19-37-25/h3-4,6-8,10-12,14,24H,5,9,13,15-19H2,1-2H3,(H,30,34). The quantitative estimate of drug-likeness (QED) is 0.434. The number of nitrogens with zero attached hydrogens (tertiary/aromatic N) is 2. The van der Waals surface area contributed by atoms with E-state index in [0.29, 0.717) is 37.0 Å². The Labute approximate surface area is 222 Å². The highest BCUT2D eigenvalue weighted by molar-refractivity contribution is 5.93. The summed E-state index contributed by atoms with van der Waals surface area (Å²) >= 11 is 0. The van der Waals surface area contributed by atoms with Gasteiger partial charge in [0.1, 0.15) is 12.3 Å². The molecule has 200 valence electrons. The number of nitrogens with one attached hydrogen (secondary N) is 1. The van der Waals surface area contributed by atoms with Crippen LogP contribution in [0.3, 0.4) is 0 Å². The maximum absolute atomic E-state index is 13.7. The van der Waals surface area contributed by atoms with Gasteiger partial charge in [-0.15, -0.1) is 0 Å². The molecular formula is C29H33N3O6. The van der Waals surface area contributed by atoms with E-state index in [-0.39, 0.29) is 37.9 Å². The Bertz CT molecular complexity index is 1250. The smallest absolute Gasteiger partial charge is 0.322 e. The normalized spacial score (nSPS) is 15.9. The molecule has 1 unspecified atom stereocenters. The fourth-order valence-corrected chi connectivity index (χ4v) is 4.80. The molecule has 0 saturated carbocycles. The number of ether oxygens (including phenoxy) is 3. The summed E-state index contributed by atoms with van der Waals surface area (Å²) in [6, 6.07) is 14.8. The minimum Gasteiger partial charge on any atom is -0.467 e. The van der Waals surface area contributed by atoms with Gasteiger partial charge < -0.3 is 33.7 Å². The molecule has 3 amide bonds. The number of hydrogen-bond acceptors (Lipinski definition) is 6. The van der Waals surface area contributed by atoms with Gasteiger partial charge in [-0.05, 0) is 67.6 Å². The van der Waals surface area contributed by atoms with E-state index < -0.39 is 0 Å². The monoisotopic (exact) mass is 519 g/mol. The summed E-state index contributed by atoms with van der Waals surface area (Å²) in [6.45, 7) is 5.59. The lowest BCUT2D eigenvalue weighted by Crippen LogP contribution is -2.47. The SMILES string of the molecule is Cc1cccc(C)c1NC(=O)N(CC(=O)N(Cc1ccc2c(c1)OCO2)Cc1ccco1)CC1CCCO1. The molecule has 1 atom stereocenters. The summed E-state index contributed by atoms with van der Waals surface area (Å²) in [4.78, 5) is 30.5. The molecule has 1 saturated heterocycles. The summed E-state index contributed by atoms with van der Waals surface area (Å²) in [5, 5.41) is 3.03. The third kappa shape index (κ3) is 6.11. The number of amides is 3. The Balaban J connectivity index is 1.35. The fourth-order valence-electron chi connectivity index (χ4n) is 4.80. The Kier molecular flexibility index (Phi) is 7.83. The van der Waals surface area contributed by atoms with Gasteiger partial charge >= 0.3 is 6.03 Å². The van der Waals surface area contributed by atoms with Crippen LogP contribution in [0.2, 0.25) is 0 Å². The van der Waals surface area contributed by atoms with Gasteiger partial charge in [0.2, 0.25) is 12.7 Å². The number of hydrogen-bond donors (Lipinski definition) is 1. The Morgan fingerprint density at radius 3 is 2.53 bits per heavy atom. The first-order valence-electron chi connectivity index (χ1n) is 12.9. The van der Waals surface area contributed by atoms with Crippen LogP contribution in [-0.4, -0.2) is 54.3 Å². The molecule has 3 heterocycles. The second kappa shape index (κ2) is 11.6. The van der Waals surface area contributed by atoms with E-state index in [0.717, 1.165) is 35.2 Å². The number of furan rings is 1. The molecule has 1 aromatic heterocycles. The molecule has 3 aromatic rings. The van der Waals surface area contributed by atoms with Gasteiger partial charge in [0.15, 0.2) is 11.5 Å². The van der Waals surface area contributed by atoms with Crippen LogP contribution in [0.1, 0.15) is 35.3 Å². The fraction of sp³-hybridized carbons (Fsp3) is 0.379. The van der Waals surface area contributed by atoms with Crippen LogP contribution in [0.5, 0.6) is 11.5 Å². The van der Waals surface area contributed by atoms with Crippen molar-refractivity contribution in [2.24, 2.45) is 0 Å². The molecule has 2 aliphatic heterocycles. The van der Waals surface area contributed by atoms with Crippen molar-refractivity contribution >= 4 is 17.6 Å². The minimum absolute atomic E-state index is 0.0954. The molecule has 9 nitrogen and oxygen atoms in total. The van der Waals surface area contributed by atoms with Gasteiger partial charge in [-0.25, -0.2) is 4.79 Å². The minimum atomic E-state index is -0.327. The number of benzene rings is 2. The lowest BCUT2D eigenvalue weighted by molar-refractivity contribution is -0.133. The molecule has 5 rings (SSSR count). The maximum atomic E-state index is 13.7. The summed E-state index contributed by atoms with van der Waals surface area (Å²) in [5.74, 6) is 1.79. The van der Waals surface area contributed by atoms with E-state index in [1.807, 2.05) is 56.3 Å². The summed E-state index contributed by atoms with van der Waals surface area (Å²) in [5.41, 5.74) is 3.57. The first-order chi connectivity index (χ1) is 18.5. The van der Waals surface area contributed by atoms with Crippen LogP contribution in [-0.2, 0) is 22.6 Å². The van der Waals surface area contributed by atoms with Crippen molar-refractivity contribution in [1.29, 1.82) is 0 Å². The number of para-hydroxylation sites is 1. The highest BCUT2D eigenvalue weighted by Crippen LogP contribution is 2.33. The van der Waals surface area contributed by atoms with Crippen LogP contribution in [0.15, 0.2) is 59.2 Å². The maximum Gasteiger partial charge on any atom is 0.322 e. The van der Waals surface area contributed by atoms with Crippen molar-refractivity contribution in [3.63, 3.8) is 0 Å². The summed E-state index contributed by atoms with van der Waals surface area (Å²) in [7, 11) is 0. The molecule has 2 aliphatic rings. The lowest BCUT2D eigenvalue weighted by atomic mass is 10.1. The average Bonchev–Trinajstić information content (AvgIpc) is 3.68. The second-order valence-corrected chi connectivity index (χ2v) is 9.73. The van der Waals surface area contributed by atoms with E-state index in [9.17, 15) is 9.59 Å². The molecule has 0 radical (unpaired) electrons. The topological polar surface area (TPSA) is 93.5 Å². The third-order valence-electron chi connectivity index (χ3n) is 6.86. The van der Waals surface area contributed by atoms with Crippen LogP contribution < -0.4 is 14.8 Å². The van der Waals surface area contributed by atoms with Crippen LogP contribution >= 0.6 is 0 Å². The number of carbonyl (C=O) groups excluding carboxylic acids is 2. The van der Waals surface area contributed by atoms with Crippen LogP contribution in [0.4, 0.5) is 10.5 Å². The number of anilines is 1. The Morgan fingerprint density at radius 2 is 1.79 bits per heavy atom. The van der Waals surface area contributed by atoms with E-state index >= 15 is 0 Å². The molecule has 1 fully saturated rings. The summed E-state index contributed by atoms with van der Waals surface area (Å²) < 4.78 is 22.3. The molecule has 0 bridgehead atoms. The molecule has 38 heavy (non-hydrogen) atoms. The molecule has 9 heteroatoms. The van der Waals surface area contributed by atoms with E-state index in [1.165, 1.54) is 0 Å². The largest absolute Gasteiger partial charge is 0.467 e. The van der Waals surface area contributed by atoms with Gasteiger partial charge in [-0.2, -0.15) is 0 Å². The Morgan fingerprint density at radius 1 is 0.974 bits per heavy atom. The lowest BCUT2D eigenvalue weighted by Gasteiger charge is -2.29. The van der Waals surface area contributed by atoms with Gasteiger partial charge in [-0.3, -0.25) is 4.79 Å². The number of aryl methyl sites for hydroxylation is 2. The predicted octanol–water partition coefficient (Wildman–Crippen LogP) is 4.87. The zero-order valence-electron chi connectivity index (χ0n) is 21.8. The van der Waals surface area contributed by atoms with E-state index in [1.54, 1.807) is 22.1 Å². The van der Waals surface area contributed by atoms with Gasteiger partial charge in [0.25, 0.3) is 0 Å². The second-order valence-electron chi connectivity index (χ2n) is 9.73. The van der Waals surface area contributed by atoms with E-state index in [4.69, 9.17) is 18.6 Å². The highest BCUT2D eigenvalue weighted by Gasteiger charge is 2.28. The first-order valence-corrected chi connectivity index (χ1v) is 12.9. The highest BCUT2D eigenvalue weighted by atomic mass is 16.7. The van der Waals surface area contributed by atoms with Crippen LogP contribution in [0, 0.1) is 13.8 Å². The van der Waals surface area contributed by atoms with Crippen molar-refractivity contribution in [1.82, 2.24) is 9.80 Å². The molecular weight excluding hydrogens is 486 g/mol. The van der Waals surface area contributed by atoms with E-state index in [2.05, 4.69) is 5.32 Å². The zero-order chi connectivity index (χ0) is 26.5. The predicted molar refractivity (Wildman–Crippen MR) is 141 cm³/mol. The number of rotatable bonds is 9. The van der Waals surface area contributed by atoms with Crippen LogP contribution in [0.25, 0.3) is 0 Å². The van der Waals surface area contributed by atoms with Crippen molar-refractivity contribution in [2.75, 3.05) is 31.8 Å². The first kappa shape index (κ1) is 25.7. The third-order valence-corrected chi connectivity index (χ3v) is 6.86. The Hall–Kier alpha value is -3.98. The van der Waals surface area contributed by atoms with Crippen molar-refractivity contribution < 1.29 is 28.2 Å². The number of fused-ring (bicyclic) bond motifs is 1. The molecule has 0 aliphatic carbocycles. The average molecular weight is 520 g/mol. The van der Waals surface area contributed by atoms with Crippen molar-refractivity contribution in [2.45, 2.75) is 45.9 Å². The van der Waals surface area contributed by atoms with Crippen molar-refractivity contribution in [3.05, 3.63) is 77.2 Å². The van der Waals surface area contributed by atoms with Gasteiger partial charge in [0, 0.05) is 25.4 Å². The number of urea groups is 1. The summed E-state index contributed by atoms with van der Waals surface area (Å²) in [6.07, 6.45) is 3.29. The molecule has 2 aromatic carbocycles. The van der Waals surface area contributed by atoms with Gasteiger partial charge in [0.05, 0.1) is 18.9 Å². The van der Waals surface area contributed by atoms with Gasteiger partial charge in [-0.1, -0.05) is 24.3 Å². The zero-order valence-corrected chi connectivity index (χ0v) is 21.8.